The minimum atomic E-state index is -0.694. The first-order valence-corrected chi connectivity index (χ1v) is 10.0. The smallest absolute Gasteiger partial charge is 0.273 e. The Bertz CT molecular complexity index is 1150. The van der Waals surface area contributed by atoms with E-state index in [1.807, 2.05) is 6.07 Å². The van der Waals surface area contributed by atoms with Crippen molar-refractivity contribution in [3.05, 3.63) is 74.5 Å². The number of carbonyl (C=O) groups excluding carboxylic acids is 1. The summed E-state index contributed by atoms with van der Waals surface area (Å²) in [5, 5.41) is 6.54. The molecule has 1 amide bonds. The molecule has 3 aromatic rings. The van der Waals surface area contributed by atoms with Crippen molar-refractivity contribution in [3.8, 4) is 5.69 Å². The highest BCUT2D eigenvalue weighted by Gasteiger charge is 2.22. The average molecular weight is 445 g/mol. The van der Waals surface area contributed by atoms with E-state index in [4.69, 9.17) is 28.9 Å². The average Bonchev–Trinajstić information content (AvgIpc) is 3.24. The maximum absolute atomic E-state index is 13.0. The largest absolute Gasteiger partial charge is 0.383 e. The SMILES string of the molecule is Nc1ncn(-c2c(Cl)cccc2Cl)c(=O)c1C(=O)Nc1cncc([C@@H]2CCCN2)c1. The minimum Gasteiger partial charge on any atom is -0.383 e. The van der Waals surface area contributed by atoms with Crippen LogP contribution in [-0.2, 0) is 0 Å². The third-order valence-electron chi connectivity index (χ3n) is 4.89. The second kappa shape index (κ2) is 8.43. The maximum atomic E-state index is 13.0. The maximum Gasteiger partial charge on any atom is 0.273 e. The van der Waals surface area contributed by atoms with Crippen LogP contribution in [0, 0.1) is 0 Å². The quantitative estimate of drug-likeness (QED) is 0.568. The summed E-state index contributed by atoms with van der Waals surface area (Å²) in [4.78, 5) is 34.1. The molecule has 1 atom stereocenters. The standard InChI is InChI=1S/C20H18Cl2N6O2/c21-13-3-1-4-14(22)17(13)28-10-26-18(23)16(20(28)30)19(29)27-12-7-11(8-24-9-12)15-5-2-6-25-15/h1,3-4,7-10,15,25H,2,5-6,23H2,(H,27,29)/t15-/m0/s1. The molecule has 8 nitrogen and oxygen atoms in total. The highest BCUT2D eigenvalue weighted by molar-refractivity contribution is 6.37. The Kier molecular flexibility index (Phi) is 5.72. The van der Waals surface area contributed by atoms with Crippen molar-refractivity contribution in [2.24, 2.45) is 0 Å². The minimum absolute atomic E-state index is 0.192. The van der Waals surface area contributed by atoms with Crippen LogP contribution >= 0.6 is 23.2 Å². The van der Waals surface area contributed by atoms with Crippen molar-refractivity contribution in [1.29, 1.82) is 0 Å². The van der Waals surface area contributed by atoms with E-state index in [1.54, 1.807) is 24.4 Å². The van der Waals surface area contributed by atoms with Gasteiger partial charge in [0.15, 0.2) is 0 Å². The zero-order chi connectivity index (χ0) is 21.3. The number of pyridine rings is 1. The fourth-order valence-corrected chi connectivity index (χ4v) is 4.02. The van der Waals surface area contributed by atoms with Gasteiger partial charge in [-0.25, -0.2) is 4.98 Å². The van der Waals surface area contributed by atoms with Gasteiger partial charge >= 0.3 is 0 Å². The fraction of sp³-hybridized carbons (Fsp3) is 0.200. The number of hydrogen-bond donors (Lipinski definition) is 3. The molecule has 0 spiro atoms. The van der Waals surface area contributed by atoms with Crippen LogP contribution in [0.25, 0.3) is 5.69 Å². The predicted molar refractivity (Wildman–Crippen MR) is 116 cm³/mol. The second-order valence-corrected chi connectivity index (χ2v) is 7.67. The summed E-state index contributed by atoms with van der Waals surface area (Å²) in [7, 11) is 0. The number of nitrogens with two attached hydrogens (primary N) is 1. The molecule has 4 N–H and O–H groups in total. The number of benzene rings is 1. The Hall–Kier alpha value is -2.94. The highest BCUT2D eigenvalue weighted by atomic mass is 35.5. The van der Waals surface area contributed by atoms with E-state index >= 15 is 0 Å². The first-order chi connectivity index (χ1) is 14.5. The monoisotopic (exact) mass is 444 g/mol. The Balaban J connectivity index is 1.68. The van der Waals surface area contributed by atoms with Gasteiger partial charge in [0.1, 0.15) is 17.7 Å². The van der Waals surface area contributed by atoms with Crippen LogP contribution in [0.4, 0.5) is 11.5 Å². The number of nitrogen functional groups attached to an aromatic ring is 1. The molecule has 1 aliphatic heterocycles. The molecule has 0 radical (unpaired) electrons. The zero-order valence-electron chi connectivity index (χ0n) is 15.7. The molecule has 0 saturated carbocycles. The molecule has 10 heteroatoms. The van der Waals surface area contributed by atoms with E-state index in [1.165, 1.54) is 12.5 Å². The molecular weight excluding hydrogens is 427 g/mol. The second-order valence-electron chi connectivity index (χ2n) is 6.86. The van der Waals surface area contributed by atoms with E-state index in [-0.39, 0.29) is 33.2 Å². The number of carbonyl (C=O) groups is 1. The van der Waals surface area contributed by atoms with E-state index in [9.17, 15) is 9.59 Å². The van der Waals surface area contributed by atoms with Gasteiger partial charge < -0.3 is 16.4 Å². The summed E-state index contributed by atoms with van der Waals surface area (Å²) in [5.74, 6) is -0.889. The highest BCUT2D eigenvalue weighted by Crippen LogP contribution is 2.27. The van der Waals surface area contributed by atoms with E-state index in [0.717, 1.165) is 29.5 Å². The van der Waals surface area contributed by atoms with Crippen molar-refractivity contribution in [1.82, 2.24) is 19.9 Å². The van der Waals surface area contributed by atoms with Crippen LogP contribution in [0.15, 0.2) is 47.8 Å². The molecule has 3 heterocycles. The molecule has 0 aliphatic carbocycles. The van der Waals surface area contributed by atoms with Crippen molar-refractivity contribution in [2.45, 2.75) is 18.9 Å². The van der Waals surface area contributed by atoms with Gasteiger partial charge in [0.25, 0.3) is 11.5 Å². The van der Waals surface area contributed by atoms with Gasteiger partial charge in [-0.2, -0.15) is 0 Å². The normalized spacial score (nSPS) is 15.9. The molecule has 0 bridgehead atoms. The van der Waals surface area contributed by atoms with Crippen molar-refractivity contribution >= 4 is 40.6 Å². The van der Waals surface area contributed by atoms with Gasteiger partial charge in [0.05, 0.1) is 27.6 Å². The molecule has 2 aromatic heterocycles. The summed E-state index contributed by atoms with van der Waals surface area (Å²) in [6.07, 6.45) is 6.53. The van der Waals surface area contributed by atoms with E-state index < -0.39 is 11.5 Å². The summed E-state index contributed by atoms with van der Waals surface area (Å²) in [5.41, 5.74) is 6.50. The molecule has 1 fully saturated rings. The third-order valence-corrected chi connectivity index (χ3v) is 5.50. The molecule has 1 saturated heterocycles. The molecule has 1 aromatic carbocycles. The van der Waals surface area contributed by atoms with Crippen LogP contribution < -0.4 is 21.9 Å². The summed E-state index contributed by atoms with van der Waals surface area (Å²) >= 11 is 12.4. The lowest BCUT2D eigenvalue weighted by molar-refractivity contribution is 0.102. The van der Waals surface area contributed by atoms with E-state index in [2.05, 4.69) is 20.6 Å². The number of nitrogens with one attached hydrogen (secondary N) is 2. The van der Waals surface area contributed by atoms with Gasteiger partial charge in [-0.1, -0.05) is 29.3 Å². The molecule has 30 heavy (non-hydrogen) atoms. The third kappa shape index (κ3) is 3.89. The molecule has 154 valence electrons. The number of amides is 1. The number of nitrogens with zero attached hydrogens (tertiary/aromatic N) is 3. The topological polar surface area (TPSA) is 115 Å². The van der Waals surface area contributed by atoms with Crippen molar-refractivity contribution < 1.29 is 4.79 Å². The number of halogens is 2. The molecule has 1 aliphatic rings. The number of para-hydroxylation sites is 1. The Labute approximate surface area is 182 Å². The number of hydrogen-bond acceptors (Lipinski definition) is 6. The van der Waals surface area contributed by atoms with Crippen LogP contribution in [0.3, 0.4) is 0 Å². The Morgan fingerprint density at radius 1 is 1.27 bits per heavy atom. The van der Waals surface area contributed by atoms with Gasteiger partial charge in [-0.05, 0) is 43.1 Å². The zero-order valence-corrected chi connectivity index (χ0v) is 17.2. The van der Waals surface area contributed by atoms with Gasteiger partial charge in [-0.15, -0.1) is 0 Å². The Morgan fingerprint density at radius 3 is 2.73 bits per heavy atom. The summed E-state index contributed by atoms with van der Waals surface area (Å²) in [6, 6.07) is 6.83. The van der Waals surface area contributed by atoms with Gasteiger partial charge in [0, 0.05) is 12.2 Å². The Morgan fingerprint density at radius 2 is 2.03 bits per heavy atom. The molecule has 4 rings (SSSR count). The van der Waals surface area contributed by atoms with E-state index in [0.29, 0.717) is 5.69 Å². The predicted octanol–water partition coefficient (Wildman–Crippen LogP) is 3.19. The van der Waals surface area contributed by atoms with Crippen molar-refractivity contribution in [3.63, 3.8) is 0 Å². The lowest BCUT2D eigenvalue weighted by atomic mass is 10.1. The fourth-order valence-electron chi connectivity index (χ4n) is 3.44. The first-order valence-electron chi connectivity index (χ1n) is 9.27. The lowest BCUT2D eigenvalue weighted by Gasteiger charge is -2.14. The van der Waals surface area contributed by atoms with Crippen LogP contribution in [0.2, 0.25) is 10.0 Å². The van der Waals surface area contributed by atoms with Gasteiger partial charge in [0.2, 0.25) is 0 Å². The first kappa shape index (κ1) is 20.3. The van der Waals surface area contributed by atoms with Crippen molar-refractivity contribution in [2.75, 3.05) is 17.6 Å². The number of anilines is 2. The van der Waals surface area contributed by atoms with Crippen LogP contribution in [0.1, 0.15) is 34.8 Å². The summed E-state index contributed by atoms with van der Waals surface area (Å²) < 4.78 is 1.10. The van der Waals surface area contributed by atoms with Gasteiger partial charge in [-0.3, -0.25) is 19.1 Å². The number of rotatable bonds is 4. The van der Waals surface area contributed by atoms with Crippen LogP contribution in [0.5, 0.6) is 0 Å². The number of aromatic nitrogens is 3. The lowest BCUT2D eigenvalue weighted by Crippen LogP contribution is -2.31. The molecule has 0 unspecified atom stereocenters. The molecular formula is C20H18Cl2N6O2. The summed E-state index contributed by atoms with van der Waals surface area (Å²) in [6.45, 7) is 0.942. The van der Waals surface area contributed by atoms with Crippen LogP contribution in [-0.4, -0.2) is 27.0 Å².